The average Bonchev–Trinajstić information content (AvgIpc) is 2.92. The molecule has 1 fully saturated rings. The van der Waals surface area contributed by atoms with E-state index in [2.05, 4.69) is 10.2 Å². The summed E-state index contributed by atoms with van der Waals surface area (Å²) in [6.45, 7) is 3.77. The maximum atomic E-state index is 11.8. The Hall–Kier alpha value is -1.33. The molecule has 1 N–H and O–H groups in total. The number of hydrogen-bond donors (Lipinski definition) is 1. The van der Waals surface area contributed by atoms with Crippen LogP contribution >= 0.6 is 0 Å². The molecule has 18 heavy (non-hydrogen) atoms. The molecule has 1 aromatic rings. The minimum atomic E-state index is -0.0425. The van der Waals surface area contributed by atoms with Crippen molar-refractivity contribution in [1.29, 1.82) is 0 Å². The van der Waals surface area contributed by atoms with Gasteiger partial charge in [-0.2, -0.15) is 0 Å². The Kier molecular flexibility index (Phi) is 4.78. The van der Waals surface area contributed by atoms with Gasteiger partial charge in [0.15, 0.2) is 0 Å². The highest BCUT2D eigenvalue weighted by Gasteiger charge is 2.21. The summed E-state index contributed by atoms with van der Waals surface area (Å²) in [5.74, 6) is -0.0425. The maximum Gasteiger partial charge on any atom is 0.254 e. The normalized spacial score (nSPS) is 17.8. The van der Waals surface area contributed by atoms with Gasteiger partial charge in [0.25, 0.3) is 5.91 Å². The molecule has 0 saturated carbocycles. The first-order chi connectivity index (χ1) is 8.79. The van der Waals surface area contributed by atoms with Gasteiger partial charge >= 0.3 is 0 Å². The van der Waals surface area contributed by atoms with Crippen molar-refractivity contribution in [3.05, 3.63) is 24.2 Å². The molecule has 5 heteroatoms. The van der Waals surface area contributed by atoms with Crippen LogP contribution in [-0.4, -0.2) is 50.2 Å². The summed E-state index contributed by atoms with van der Waals surface area (Å²) in [7, 11) is 1.72. The molecule has 1 aromatic heterocycles. The lowest BCUT2D eigenvalue weighted by atomic mass is 10.0. The molecule has 0 unspecified atom stereocenters. The number of nitrogens with one attached hydrogen (secondary N) is 1. The standard InChI is InChI=1S/C13H20N2O3/c1-17-9-7-15-5-2-12(3-6-15)14-13(16)11-4-8-18-10-11/h4,8,10,12H,2-3,5-7,9H2,1H3,(H,14,16). The minimum Gasteiger partial charge on any atom is -0.472 e. The van der Waals surface area contributed by atoms with Crippen LogP contribution in [0.25, 0.3) is 0 Å². The predicted octanol–water partition coefficient (Wildman–Crippen LogP) is 1.12. The number of piperidine rings is 1. The quantitative estimate of drug-likeness (QED) is 0.853. The molecule has 0 aromatic carbocycles. The van der Waals surface area contributed by atoms with Crippen molar-refractivity contribution in [3.8, 4) is 0 Å². The van der Waals surface area contributed by atoms with Gasteiger partial charge in [-0.25, -0.2) is 0 Å². The van der Waals surface area contributed by atoms with E-state index in [-0.39, 0.29) is 11.9 Å². The van der Waals surface area contributed by atoms with Crippen molar-refractivity contribution in [2.24, 2.45) is 0 Å². The van der Waals surface area contributed by atoms with Crippen molar-refractivity contribution in [2.75, 3.05) is 33.4 Å². The topological polar surface area (TPSA) is 54.7 Å². The first kappa shape index (κ1) is 13.1. The molecule has 0 spiro atoms. The van der Waals surface area contributed by atoms with Gasteiger partial charge in [0, 0.05) is 32.8 Å². The number of likely N-dealkylation sites (tertiary alicyclic amines) is 1. The molecular formula is C13H20N2O3. The molecule has 1 saturated heterocycles. The van der Waals surface area contributed by atoms with Crippen molar-refractivity contribution in [1.82, 2.24) is 10.2 Å². The van der Waals surface area contributed by atoms with Crippen LogP contribution in [0.5, 0.6) is 0 Å². The summed E-state index contributed by atoms with van der Waals surface area (Å²) in [6, 6.07) is 1.95. The molecule has 100 valence electrons. The first-order valence-corrected chi connectivity index (χ1v) is 6.34. The number of nitrogens with zero attached hydrogens (tertiary/aromatic N) is 1. The van der Waals surface area contributed by atoms with Gasteiger partial charge < -0.3 is 19.4 Å². The van der Waals surface area contributed by atoms with Gasteiger partial charge in [0.2, 0.25) is 0 Å². The lowest BCUT2D eigenvalue weighted by Gasteiger charge is -2.32. The van der Waals surface area contributed by atoms with E-state index in [4.69, 9.17) is 9.15 Å². The lowest BCUT2D eigenvalue weighted by molar-refractivity contribution is 0.0892. The van der Waals surface area contributed by atoms with E-state index in [1.54, 1.807) is 13.2 Å². The van der Waals surface area contributed by atoms with E-state index in [1.165, 1.54) is 12.5 Å². The van der Waals surface area contributed by atoms with Crippen LogP contribution in [0.15, 0.2) is 23.0 Å². The van der Waals surface area contributed by atoms with E-state index < -0.39 is 0 Å². The van der Waals surface area contributed by atoms with Gasteiger partial charge in [-0.15, -0.1) is 0 Å². The minimum absolute atomic E-state index is 0.0425. The van der Waals surface area contributed by atoms with Gasteiger partial charge in [0.05, 0.1) is 18.4 Å². The number of methoxy groups -OCH3 is 1. The third kappa shape index (κ3) is 3.58. The lowest BCUT2D eigenvalue weighted by Crippen LogP contribution is -2.45. The van der Waals surface area contributed by atoms with Crippen molar-refractivity contribution >= 4 is 5.91 Å². The Balaban J connectivity index is 1.72. The molecule has 0 radical (unpaired) electrons. The van der Waals surface area contributed by atoms with Crippen molar-refractivity contribution in [2.45, 2.75) is 18.9 Å². The summed E-state index contributed by atoms with van der Waals surface area (Å²) in [5, 5.41) is 3.04. The highest BCUT2D eigenvalue weighted by Crippen LogP contribution is 2.11. The summed E-state index contributed by atoms with van der Waals surface area (Å²) < 4.78 is 9.97. The zero-order valence-corrected chi connectivity index (χ0v) is 10.7. The monoisotopic (exact) mass is 252 g/mol. The fourth-order valence-corrected chi connectivity index (χ4v) is 2.18. The van der Waals surface area contributed by atoms with Crippen LogP contribution in [0.1, 0.15) is 23.2 Å². The van der Waals surface area contributed by atoms with Crippen LogP contribution in [-0.2, 0) is 4.74 Å². The summed E-state index contributed by atoms with van der Waals surface area (Å²) in [5.41, 5.74) is 0.594. The molecule has 2 rings (SSSR count). The zero-order chi connectivity index (χ0) is 12.8. The summed E-state index contributed by atoms with van der Waals surface area (Å²) in [6.07, 6.45) is 4.98. The molecule has 1 amide bonds. The third-order valence-electron chi connectivity index (χ3n) is 3.32. The van der Waals surface area contributed by atoms with E-state index in [0.717, 1.165) is 39.1 Å². The number of furan rings is 1. The highest BCUT2D eigenvalue weighted by molar-refractivity contribution is 5.93. The first-order valence-electron chi connectivity index (χ1n) is 6.34. The third-order valence-corrected chi connectivity index (χ3v) is 3.32. The number of carbonyl (C=O) groups is 1. The van der Waals surface area contributed by atoms with E-state index >= 15 is 0 Å². The van der Waals surface area contributed by atoms with Gasteiger partial charge in [0.1, 0.15) is 6.26 Å². The van der Waals surface area contributed by atoms with E-state index in [9.17, 15) is 4.79 Å². The molecule has 1 aliphatic rings. The Morgan fingerprint density at radius 3 is 2.94 bits per heavy atom. The molecule has 0 atom stereocenters. The van der Waals surface area contributed by atoms with Crippen LogP contribution < -0.4 is 5.32 Å². The molecular weight excluding hydrogens is 232 g/mol. The number of carbonyl (C=O) groups excluding carboxylic acids is 1. The van der Waals surface area contributed by atoms with Crippen molar-refractivity contribution in [3.63, 3.8) is 0 Å². The van der Waals surface area contributed by atoms with Crippen LogP contribution in [0, 0.1) is 0 Å². The molecule has 1 aliphatic heterocycles. The average molecular weight is 252 g/mol. The SMILES string of the molecule is COCCN1CCC(NC(=O)c2ccoc2)CC1. The number of hydrogen-bond acceptors (Lipinski definition) is 4. The summed E-state index contributed by atoms with van der Waals surface area (Å²) >= 11 is 0. The van der Waals surface area contributed by atoms with E-state index in [0.29, 0.717) is 5.56 Å². The Morgan fingerprint density at radius 1 is 1.56 bits per heavy atom. The van der Waals surface area contributed by atoms with Gasteiger partial charge in [-0.05, 0) is 18.9 Å². The summed E-state index contributed by atoms with van der Waals surface area (Å²) in [4.78, 5) is 14.2. The number of rotatable bonds is 5. The highest BCUT2D eigenvalue weighted by atomic mass is 16.5. The second kappa shape index (κ2) is 6.56. The second-order valence-electron chi connectivity index (χ2n) is 4.59. The molecule has 0 bridgehead atoms. The fourth-order valence-electron chi connectivity index (χ4n) is 2.18. The molecule has 0 aliphatic carbocycles. The number of ether oxygens (including phenoxy) is 1. The Morgan fingerprint density at radius 2 is 2.33 bits per heavy atom. The van der Waals surface area contributed by atoms with E-state index in [1.807, 2.05) is 0 Å². The van der Waals surface area contributed by atoms with Crippen LogP contribution in [0.2, 0.25) is 0 Å². The molecule has 2 heterocycles. The Labute approximate surface area is 107 Å². The largest absolute Gasteiger partial charge is 0.472 e. The fraction of sp³-hybridized carbons (Fsp3) is 0.615. The predicted molar refractivity (Wildman–Crippen MR) is 67.5 cm³/mol. The molecule has 5 nitrogen and oxygen atoms in total. The number of amides is 1. The van der Waals surface area contributed by atoms with Gasteiger partial charge in [-0.1, -0.05) is 0 Å². The maximum absolute atomic E-state index is 11.8. The Bertz CT molecular complexity index is 356. The van der Waals surface area contributed by atoms with Crippen molar-refractivity contribution < 1.29 is 13.9 Å². The van der Waals surface area contributed by atoms with Crippen LogP contribution in [0.3, 0.4) is 0 Å². The van der Waals surface area contributed by atoms with Crippen LogP contribution in [0.4, 0.5) is 0 Å². The smallest absolute Gasteiger partial charge is 0.254 e. The second-order valence-corrected chi connectivity index (χ2v) is 4.59. The zero-order valence-electron chi connectivity index (χ0n) is 10.7. The van der Waals surface area contributed by atoms with Gasteiger partial charge in [-0.3, -0.25) is 4.79 Å².